The minimum Gasteiger partial charge on any atom is -0.452 e. The van der Waals surface area contributed by atoms with Gasteiger partial charge in [-0.1, -0.05) is 6.42 Å². The van der Waals surface area contributed by atoms with Crippen molar-refractivity contribution in [2.24, 2.45) is 5.92 Å². The predicted molar refractivity (Wildman–Crippen MR) is 73.2 cm³/mol. The van der Waals surface area contributed by atoms with Crippen LogP contribution in [0.25, 0.3) is 11.2 Å². The van der Waals surface area contributed by atoms with Crippen molar-refractivity contribution in [1.29, 1.82) is 0 Å². The van der Waals surface area contributed by atoms with Crippen molar-refractivity contribution in [3.63, 3.8) is 0 Å². The molecule has 1 saturated carbocycles. The van der Waals surface area contributed by atoms with Gasteiger partial charge in [-0.2, -0.15) is 0 Å². The molecule has 110 valence electrons. The lowest BCUT2D eigenvalue weighted by Gasteiger charge is -2.24. The third kappa shape index (κ3) is 2.69. The fourth-order valence-corrected chi connectivity index (χ4v) is 2.05. The molecule has 0 radical (unpaired) electrons. The topological polar surface area (TPSA) is 110 Å². The first-order chi connectivity index (χ1) is 10.1. The molecule has 0 unspecified atom stereocenters. The number of anilines is 1. The molecule has 0 saturated heterocycles. The Morgan fingerprint density at radius 3 is 2.90 bits per heavy atom. The highest BCUT2D eigenvalue weighted by molar-refractivity contribution is 5.99. The lowest BCUT2D eigenvalue weighted by molar-refractivity contribution is -0.159. The van der Waals surface area contributed by atoms with Crippen LogP contribution in [0.3, 0.4) is 0 Å². The molecule has 2 heterocycles. The van der Waals surface area contributed by atoms with Gasteiger partial charge in [0.25, 0.3) is 5.91 Å². The van der Waals surface area contributed by atoms with Gasteiger partial charge in [-0.25, -0.2) is 15.0 Å². The number of imidazole rings is 1. The number of aromatic nitrogens is 4. The molecule has 2 N–H and O–H groups in total. The lowest BCUT2D eigenvalue weighted by Crippen LogP contribution is -2.34. The van der Waals surface area contributed by atoms with Crippen molar-refractivity contribution in [1.82, 2.24) is 19.9 Å². The molecular formula is C13H15N5O3. The average molecular weight is 289 g/mol. The second kappa shape index (κ2) is 5.47. The average Bonchev–Trinajstić information content (AvgIpc) is 2.85. The molecule has 8 heteroatoms. The van der Waals surface area contributed by atoms with Crippen molar-refractivity contribution >= 4 is 28.9 Å². The van der Waals surface area contributed by atoms with E-state index in [1.807, 2.05) is 0 Å². The molecule has 0 aliphatic heterocycles. The van der Waals surface area contributed by atoms with Gasteiger partial charge in [-0.3, -0.25) is 9.59 Å². The molecule has 1 amide bonds. The minimum absolute atomic E-state index is 0.0568. The first-order valence-electron chi connectivity index (χ1n) is 6.80. The molecule has 0 aromatic carbocycles. The van der Waals surface area contributed by atoms with Gasteiger partial charge < -0.3 is 15.0 Å². The summed E-state index contributed by atoms with van der Waals surface area (Å²) in [6, 6.07) is 0. The van der Waals surface area contributed by atoms with Crippen LogP contribution in [-0.2, 0) is 14.3 Å². The van der Waals surface area contributed by atoms with Gasteiger partial charge in [-0.05, 0) is 19.8 Å². The van der Waals surface area contributed by atoms with E-state index in [2.05, 4.69) is 25.3 Å². The Balaban J connectivity index is 1.65. The van der Waals surface area contributed by atoms with E-state index < -0.39 is 12.0 Å². The second-order valence-corrected chi connectivity index (χ2v) is 5.02. The van der Waals surface area contributed by atoms with Crippen molar-refractivity contribution in [3.05, 3.63) is 12.7 Å². The summed E-state index contributed by atoms with van der Waals surface area (Å²) in [5.41, 5.74) is 0.989. The summed E-state index contributed by atoms with van der Waals surface area (Å²) in [5.74, 6) is -0.483. The summed E-state index contributed by atoms with van der Waals surface area (Å²) >= 11 is 0. The van der Waals surface area contributed by atoms with Crippen molar-refractivity contribution in [3.8, 4) is 0 Å². The highest BCUT2D eigenvalue weighted by Crippen LogP contribution is 2.27. The number of hydrogen-bond acceptors (Lipinski definition) is 6. The van der Waals surface area contributed by atoms with Gasteiger partial charge in [0.15, 0.2) is 17.6 Å². The Hall–Kier alpha value is -2.51. The van der Waals surface area contributed by atoms with E-state index in [9.17, 15) is 9.59 Å². The van der Waals surface area contributed by atoms with E-state index in [1.165, 1.54) is 19.6 Å². The summed E-state index contributed by atoms with van der Waals surface area (Å²) in [7, 11) is 0. The minimum atomic E-state index is -0.869. The van der Waals surface area contributed by atoms with Crippen molar-refractivity contribution in [2.45, 2.75) is 32.3 Å². The smallest absolute Gasteiger partial charge is 0.309 e. The molecule has 8 nitrogen and oxygen atoms in total. The second-order valence-electron chi connectivity index (χ2n) is 5.02. The Morgan fingerprint density at radius 1 is 1.38 bits per heavy atom. The third-order valence-electron chi connectivity index (χ3n) is 3.57. The van der Waals surface area contributed by atoms with Crippen LogP contribution in [0, 0.1) is 5.92 Å². The van der Waals surface area contributed by atoms with E-state index in [0.29, 0.717) is 17.0 Å². The largest absolute Gasteiger partial charge is 0.452 e. The molecule has 0 bridgehead atoms. The molecule has 3 rings (SSSR count). The van der Waals surface area contributed by atoms with E-state index in [0.717, 1.165) is 19.3 Å². The number of rotatable bonds is 4. The zero-order valence-corrected chi connectivity index (χ0v) is 11.5. The molecule has 1 atom stereocenters. The van der Waals surface area contributed by atoms with Crippen LogP contribution in [0.4, 0.5) is 5.82 Å². The number of carbonyl (C=O) groups excluding carboxylic acids is 2. The van der Waals surface area contributed by atoms with Crippen molar-refractivity contribution < 1.29 is 14.3 Å². The Labute approximate surface area is 120 Å². The summed E-state index contributed by atoms with van der Waals surface area (Å²) in [5, 5.41) is 2.61. The van der Waals surface area contributed by atoms with E-state index >= 15 is 0 Å². The first kappa shape index (κ1) is 13.5. The number of hydrogen-bond donors (Lipinski definition) is 2. The van der Waals surface area contributed by atoms with Crippen LogP contribution in [0.2, 0.25) is 0 Å². The van der Waals surface area contributed by atoms with Crippen LogP contribution in [-0.4, -0.2) is 37.9 Å². The zero-order chi connectivity index (χ0) is 14.8. The van der Waals surface area contributed by atoms with E-state index in [1.54, 1.807) is 0 Å². The summed E-state index contributed by atoms with van der Waals surface area (Å²) in [6.07, 6.45) is 4.63. The summed E-state index contributed by atoms with van der Waals surface area (Å²) in [4.78, 5) is 38.6. The summed E-state index contributed by atoms with van der Waals surface area (Å²) in [6.45, 7) is 1.54. The molecular weight excluding hydrogens is 274 g/mol. The van der Waals surface area contributed by atoms with Crippen LogP contribution in [0.15, 0.2) is 12.7 Å². The predicted octanol–water partition coefficient (Wildman–Crippen LogP) is 1.02. The Morgan fingerprint density at radius 2 is 2.19 bits per heavy atom. The number of aromatic amines is 1. The van der Waals surface area contributed by atoms with E-state index in [4.69, 9.17) is 4.74 Å². The monoisotopic (exact) mass is 289 g/mol. The SMILES string of the molecule is C[C@@H](OC(=O)C1CCC1)C(=O)Nc1ncnc2nc[nH]c12. The van der Waals surface area contributed by atoms with Crippen LogP contribution >= 0.6 is 0 Å². The van der Waals surface area contributed by atoms with Gasteiger partial charge >= 0.3 is 5.97 Å². The Kier molecular flexibility index (Phi) is 3.51. The number of amides is 1. The molecule has 2 aromatic rings. The lowest BCUT2D eigenvalue weighted by atomic mass is 9.86. The van der Waals surface area contributed by atoms with Gasteiger partial charge in [0.05, 0.1) is 12.2 Å². The number of fused-ring (bicyclic) bond motifs is 1. The maximum absolute atomic E-state index is 12.1. The molecule has 1 aliphatic rings. The van der Waals surface area contributed by atoms with Gasteiger partial charge in [-0.15, -0.1) is 0 Å². The van der Waals surface area contributed by atoms with Gasteiger partial charge in [0.2, 0.25) is 0 Å². The molecule has 2 aromatic heterocycles. The highest BCUT2D eigenvalue weighted by atomic mass is 16.5. The number of carbonyl (C=O) groups is 2. The Bertz CT molecular complexity index is 679. The summed E-state index contributed by atoms with van der Waals surface area (Å²) < 4.78 is 5.16. The fraction of sp³-hybridized carbons (Fsp3) is 0.462. The molecule has 21 heavy (non-hydrogen) atoms. The van der Waals surface area contributed by atoms with Gasteiger partial charge in [0.1, 0.15) is 11.8 Å². The number of nitrogens with zero attached hydrogens (tertiary/aromatic N) is 3. The van der Waals surface area contributed by atoms with Crippen molar-refractivity contribution in [2.75, 3.05) is 5.32 Å². The zero-order valence-electron chi connectivity index (χ0n) is 11.5. The first-order valence-corrected chi connectivity index (χ1v) is 6.80. The molecule has 0 spiro atoms. The van der Waals surface area contributed by atoms with Gasteiger partial charge in [0, 0.05) is 0 Å². The van der Waals surface area contributed by atoms with Crippen LogP contribution in [0.1, 0.15) is 26.2 Å². The maximum atomic E-state index is 12.1. The number of H-pyrrole nitrogens is 1. The van der Waals surface area contributed by atoms with E-state index in [-0.39, 0.29) is 11.9 Å². The molecule has 1 fully saturated rings. The quantitative estimate of drug-likeness (QED) is 0.813. The normalized spacial score (nSPS) is 16.2. The fourth-order valence-electron chi connectivity index (χ4n) is 2.05. The van der Waals surface area contributed by atoms with Crippen LogP contribution in [0.5, 0.6) is 0 Å². The number of ether oxygens (including phenoxy) is 1. The maximum Gasteiger partial charge on any atom is 0.309 e. The van der Waals surface area contributed by atoms with Crippen LogP contribution < -0.4 is 5.32 Å². The third-order valence-corrected chi connectivity index (χ3v) is 3.57. The standard InChI is InChI=1S/C13H15N5O3/c1-7(21-13(20)8-3-2-4-8)12(19)18-11-9-10(15-5-14-9)16-6-17-11/h5-8H,2-4H2,1H3,(H2,14,15,16,17,18,19)/t7-/m1/s1. The molecule has 1 aliphatic carbocycles. The number of esters is 1. The number of nitrogens with one attached hydrogen (secondary N) is 2. The highest BCUT2D eigenvalue weighted by Gasteiger charge is 2.29.